The Balaban J connectivity index is 2.48. The molecule has 0 radical (unpaired) electrons. The summed E-state index contributed by atoms with van der Waals surface area (Å²) in [5.74, 6) is -1.32. The van der Waals surface area contributed by atoms with Crippen molar-refractivity contribution in [1.29, 1.82) is 0 Å². The fourth-order valence-corrected chi connectivity index (χ4v) is 1.82. The highest BCUT2D eigenvalue weighted by atomic mass is 19.1. The number of unbranched alkanes of at least 4 members (excludes halogenated alkanes) is 1. The van der Waals surface area contributed by atoms with Crippen LogP contribution in [0.4, 0.5) is 4.39 Å². The zero-order valence-electron chi connectivity index (χ0n) is 11.8. The van der Waals surface area contributed by atoms with E-state index in [1.165, 1.54) is 12.1 Å². The molecule has 0 fully saturated rings. The fraction of sp³-hybridized carbons (Fsp3) is 0.467. The van der Waals surface area contributed by atoms with Crippen molar-refractivity contribution in [3.63, 3.8) is 0 Å². The van der Waals surface area contributed by atoms with E-state index in [1.54, 1.807) is 26.0 Å². The van der Waals surface area contributed by atoms with Crippen molar-refractivity contribution in [2.45, 2.75) is 38.5 Å². The van der Waals surface area contributed by atoms with E-state index < -0.39 is 11.4 Å². The van der Waals surface area contributed by atoms with Crippen molar-refractivity contribution in [3.05, 3.63) is 35.6 Å². The molecule has 5 heteroatoms. The summed E-state index contributed by atoms with van der Waals surface area (Å²) >= 11 is 0. The maximum Gasteiger partial charge on any atom is 0.303 e. The molecule has 4 nitrogen and oxygen atoms in total. The second kappa shape index (κ2) is 7.03. The van der Waals surface area contributed by atoms with Gasteiger partial charge in [0.25, 0.3) is 0 Å². The first-order chi connectivity index (χ1) is 9.34. The minimum atomic E-state index is -0.831. The SMILES string of the molecule is CC(C)(C(=O)NCCCCC(=O)O)c1ccc(F)cc1. The first-order valence-corrected chi connectivity index (χ1v) is 6.60. The Bertz CT molecular complexity index is 469. The van der Waals surface area contributed by atoms with Crippen LogP contribution in [-0.4, -0.2) is 23.5 Å². The van der Waals surface area contributed by atoms with Gasteiger partial charge in [-0.25, -0.2) is 4.39 Å². The van der Waals surface area contributed by atoms with Gasteiger partial charge in [0, 0.05) is 13.0 Å². The third-order valence-corrected chi connectivity index (χ3v) is 3.24. The number of carboxylic acid groups (broad SMARTS) is 1. The quantitative estimate of drug-likeness (QED) is 0.754. The molecule has 1 amide bonds. The molecule has 0 unspecified atom stereocenters. The number of rotatable bonds is 7. The number of hydrogen-bond donors (Lipinski definition) is 2. The number of benzene rings is 1. The van der Waals surface area contributed by atoms with Crippen LogP contribution in [0.2, 0.25) is 0 Å². The van der Waals surface area contributed by atoms with Gasteiger partial charge in [0.05, 0.1) is 5.41 Å². The first kappa shape index (κ1) is 16.1. The van der Waals surface area contributed by atoms with Crippen LogP contribution < -0.4 is 5.32 Å². The molecule has 0 heterocycles. The van der Waals surface area contributed by atoms with Crippen LogP contribution in [0.5, 0.6) is 0 Å². The van der Waals surface area contributed by atoms with Crippen LogP contribution in [0, 0.1) is 5.82 Å². The number of carbonyl (C=O) groups is 2. The predicted octanol–water partition coefficient (Wildman–Crippen LogP) is 2.47. The summed E-state index contributed by atoms with van der Waals surface area (Å²) in [7, 11) is 0. The van der Waals surface area contributed by atoms with Gasteiger partial charge in [-0.15, -0.1) is 0 Å². The second-order valence-electron chi connectivity index (χ2n) is 5.24. The molecule has 0 spiro atoms. The van der Waals surface area contributed by atoms with Crippen molar-refractivity contribution in [1.82, 2.24) is 5.32 Å². The van der Waals surface area contributed by atoms with Crippen LogP contribution >= 0.6 is 0 Å². The van der Waals surface area contributed by atoms with Gasteiger partial charge >= 0.3 is 5.97 Å². The maximum atomic E-state index is 12.9. The molecule has 1 rings (SSSR count). The second-order valence-corrected chi connectivity index (χ2v) is 5.24. The molecule has 0 atom stereocenters. The van der Waals surface area contributed by atoms with Gasteiger partial charge in [-0.05, 0) is 44.4 Å². The zero-order chi connectivity index (χ0) is 15.2. The first-order valence-electron chi connectivity index (χ1n) is 6.60. The number of carbonyl (C=O) groups excluding carboxylic acids is 1. The highest BCUT2D eigenvalue weighted by Crippen LogP contribution is 2.23. The highest BCUT2D eigenvalue weighted by Gasteiger charge is 2.29. The van der Waals surface area contributed by atoms with Crippen molar-refractivity contribution >= 4 is 11.9 Å². The molecule has 2 N–H and O–H groups in total. The third-order valence-electron chi connectivity index (χ3n) is 3.24. The number of amides is 1. The molecular formula is C15H20FNO3. The number of aliphatic carboxylic acids is 1. The number of carboxylic acids is 1. The van der Waals surface area contributed by atoms with Crippen LogP contribution in [-0.2, 0) is 15.0 Å². The summed E-state index contributed by atoms with van der Waals surface area (Å²) in [6.45, 7) is 3.98. The average Bonchev–Trinajstić information content (AvgIpc) is 2.38. The maximum absolute atomic E-state index is 12.9. The minimum Gasteiger partial charge on any atom is -0.481 e. The summed E-state index contributed by atoms with van der Waals surface area (Å²) in [5, 5.41) is 11.3. The molecule has 0 bridgehead atoms. The highest BCUT2D eigenvalue weighted by molar-refractivity contribution is 5.87. The van der Waals surface area contributed by atoms with Gasteiger partial charge in [-0.2, -0.15) is 0 Å². The van der Waals surface area contributed by atoms with E-state index in [2.05, 4.69) is 5.32 Å². The predicted molar refractivity (Wildman–Crippen MR) is 73.9 cm³/mol. The van der Waals surface area contributed by atoms with Gasteiger partial charge in [0.15, 0.2) is 0 Å². The van der Waals surface area contributed by atoms with Crippen LogP contribution in [0.15, 0.2) is 24.3 Å². The fourth-order valence-electron chi connectivity index (χ4n) is 1.82. The van der Waals surface area contributed by atoms with E-state index in [1.807, 2.05) is 0 Å². The van der Waals surface area contributed by atoms with Gasteiger partial charge in [0.1, 0.15) is 5.82 Å². The molecule has 1 aromatic carbocycles. The normalized spacial score (nSPS) is 11.2. The largest absolute Gasteiger partial charge is 0.481 e. The molecule has 0 saturated carbocycles. The smallest absolute Gasteiger partial charge is 0.303 e. The Hall–Kier alpha value is -1.91. The van der Waals surface area contributed by atoms with Gasteiger partial charge in [0.2, 0.25) is 5.91 Å². The average molecular weight is 281 g/mol. The topological polar surface area (TPSA) is 66.4 Å². The van der Waals surface area contributed by atoms with Crippen molar-refractivity contribution in [2.75, 3.05) is 6.54 Å². The molecular weight excluding hydrogens is 261 g/mol. The van der Waals surface area contributed by atoms with E-state index in [0.717, 1.165) is 5.56 Å². The molecule has 0 aromatic heterocycles. The lowest BCUT2D eigenvalue weighted by atomic mass is 9.83. The standard InChI is InChI=1S/C15H20FNO3/c1-15(2,11-6-8-12(16)9-7-11)14(20)17-10-4-3-5-13(18)19/h6-9H,3-5,10H2,1-2H3,(H,17,20)(H,18,19). The lowest BCUT2D eigenvalue weighted by molar-refractivity contribution is -0.137. The molecule has 20 heavy (non-hydrogen) atoms. The summed E-state index contributed by atoms with van der Waals surface area (Å²) in [5.41, 5.74) is -0.0116. The van der Waals surface area contributed by atoms with E-state index in [9.17, 15) is 14.0 Å². The van der Waals surface area contributed by atoms with Gasteiger partial charge < -0.3 is 10.4 Å². The zero-order valence-corrected chi connectivity index (χ0v) is 11.8. The van der Waals surface area contributed by atoms with Crippen molar-refractivity contribution in [3.8, 4) is 0 Å². The van der Waals surface area contributed by atoms with Gasteiger partial charge in [-0.3, -0.25) is 9.59 Å². The Morgan fingerprint density at radius 2 is 1.80 bits per heavy atom. The minimum absolute atomic E-state index is 0.108. The lowest BCUT2D eigenvalue weighted by Crippen LogP contribution is -2.40. The van der Waals surface area contributed by atoms with Crippen LogP contribution in [0.3, 0.4) is 0 Å². The molecule has 0 aliphatic rings. The summed E-state index contributed by atoms with van der Waals surface area (Å²) < 4.78 is 12.9. The molecule has 1 aromatic rings. The number of nitrogens with one attached hydrogen (secondary N) is 1. The Morgan fingerprint density at radius 1 is 1.20 bits per heavy atom. The van der Waals surface area contributed by atoms with Crippen LogP contribution in [0.1, 0.15) is 38.7 Å². The Kier molecular flexibility index (Phi) is 5.67. The summed E-state index contributed by atoms with van der Waals surface area (Å²) in [6, 6.07) is 5.85. The molecule has 0 aliphatic heterocycles. The van der Waals surface area contributed by atoms with Crippen LogP contribution in [0.25, 0.3) is 0 Å². The molecule has 0 saturated heterocycles. The summed E-state index contributed by atoms with van der Waals surface area (Å²) in [6.07, 6.45) is 1.27. The van der Waals surface area contributed by atoms with Crippen molar-refractivity contribution < 1.29 is 19.1 Å². The Morgan fingerprint density at radius 3 is 2.35 bits per heavy atom. The van der Waals surface area contributed by atoms with Gasteiger partial charge in [-0.1, -0.05) is 12.1 Å². The van der Waals surface area contributed by atoms with E-state index in [4.69, 9.17) is 5.11 Å². The molecule has 110 valence electrons. The van der Waals surface area contributed by atoms with Crippen molar-refractivity contribution in [2.24, 2.45) is 0 Å². The third kappa shape index (κ3) is 4.64. The monoisotopic (exact) mass is 281 g/mol. The number of hydrogen-bond acceptors (Lipinski definition) is 2. The molecule has 0 aliphatic carbocycles. The number of halogens is 1. The Labute approximate surface area is 118 Å². The van der Waals surface area contributed by atoms with E-state index in [-0.39, 0.29) is 18.1 Å². The lowest BCUT2D eigenvalue weighted by Gasteiger charge is -2.24. The summed E-state index contributed by atoms with van der Waals surface area (Å²) in [4.78, 5) is 22.5. The van der Waals surface area contributed by atoms with E-state index >= 15 is 0 Å². The van der Waals surface area contributed by atoms with E-state index in [0.29, 0.717) is 19.4 Å².